The highest BCUT2D eigenvalue weighted by Crippen LogP contribution is 2.56. The maximum absolute atomic E-state index is 12.6. The molecule has 26 heavy (non-hydrogen) atoms. The molecular weight excluding hydrogens is 346 g/mol. The summed E-state index contributed by atoms with van der Waals surface area (Å²) in [4.78, 5) is 12.6. The van der Waals surface area contributed by atoms with Crippen molar-refractivity contribution in [1.29, 1.82) is 0 Å². The second-order valence-electron chi connectivity index (χ2n) is 7.52. The lowest BCUT2D eigenvalue weighted by Crippen LogP contribution is -2.62. The quantitative estimate of drug-likeness (QED) is 0.769. The minimum atomic E-state index is -0.616. The third-order valence-electron chi connectivity index (χ3n) is 6.33. The van der Waals surface area contributed by atoms with Crippen LogP contribution in [0.4, 0.5) is 5.69 Å². The maximum Gasteiger partial charge on any atom is 0.226 e. The number of aryl methyl sites for hydroxylation is 1. The number of halogens is 1. The van der Waals surface area contributed by atoms with Crippen molar-refractivity contribution in [2.75, 3.05) is 5.32 Å². The number of hydrogen-bond acceptors (Lipinski definition) is 3. The average Bonchev–Trinajstić information content (AvgIpc) is 2.61. The number of nitrogens with two attached hydrogens (primary N) is 2. The lowest BCUT2D eigenvalue weighted by molar-refractivity contribution is -0.142. The summed E-state index contributed by atoms with van der Waals surface area (Å²) in [6.07, 6.45) is 3.51. The maximum atomic E-state index is 12.6. The van der Waals surface area contributed by atoms with E-state index in [9.17, 15) is 4.79 Å². The minimum absolute atomic E-state index is 0.0129. The van der Waals surface area contributed by atoms with E-state index in [1.54, 1.807) is 0 Å². The molecule has 0 spiro atoms. The van der Waals surface area contributed by atoms with Crippen LogP contribution in [0.1, 0.15) is 36.4 Å². The molecule has 0 bridgehead atoms. The normalized spacial score (nSPS) is 28.4. The summed E-state index contributed by atoms with van der Waals surface area (Å²) in [5.74, 6) is -0.232. The van der Waals surface area contributed by atoms with E-state index < -0.39 is 5.41 Å². The molecule has 1 aliphatic carbocycles. The summed E-state index contributed by atoms with van der Waals surface area (Å²) < 4.78 is 0. The van der Waals surface area contributed by atoms with Crippen molar-refractivity contribution < 1.29 is 4.79 Å². The van der Waals surface area contributed by atoms with E-state index in [0.717, 1.165) is 36.9 Å². The van der Waals surface area contributed by atoms with E-state index in [4.69, 9.17) is 23.1 Å². The Morgan fingerprint density at radius 2 is 2.00 bits per heavy atom. The number of carbonyl (C=O) groups excluding carboxylic acids is 1. The van der Waals surface area contributed by atoms with Gasteiger partial charge in [0.05, 0.1) is 5.41 Å². The van der Waals surface area contributed by atoms with Gasteiger partial charge >= 0.3 is 0 Å². The molecular formula is C21H24ClN3O. The molecule has 1 aliphatic heterocycles. The zero-order chi connectivity index (χ0) is 18.3. The number of carbonyl (C=O) groups is 1. The van der Waals surface area contributed by atoms with Crippen LogP contribution >= 0.6 is 11.6 Å². The molecule has 0 saturated heterocycles. The van der Waals surface area contributed by atoms with Crippen molar-refractivity contribution in [2.45, 2.75) is 37.8 Å². The molecule has 1 saturated carbocycles. The van der Waals surface area contributed by atoms with E-state index in [1.165, 1.54) is 5.56 Å². The van der Waals surface area contributed by atoms with Gasteiger partial charge in [0.2, 0.25) is 5.91 Å². The molecule has 2 aliphatic rings. The molecule has 4 rings (SSSR count). The summed E-state index contributed by atoms with van der Waals surface area (Å²) >= 11 is 6.13. The number of hydrogen-bond donors (Lipinski definition) is 3. The van der Waals surface area contributed by atoms with Crippen LogP contribution in [0.3, 0.4) is 0 Å². The van der Waals surface area contributed by atoms with Gasteiger partial charge in [-0.15, -0.1) is 0 Å². The zero-order valence-corrected chi connectivity index (χ0v) is 15.4. The number of rotatable bonds is 4. The second kappa shape index (κ2) is 6.60. The Morgan fingerprint density at radius 3 is 2.69 bits per heavy atom. The van der Waals surface area contributed by atoms with Crippen molar-refractivity contribution >= 4 is 23.2 Å². The van der Waals surface area contributed by atoms with E-state index in [2.05, 4.69) is 17.4 Å². The Labute approximate surface area is 158 Å². The van der Waals surface area contributed by atoms with Gasteiger partial charge in [-0.1, -0.05) is 41.9 Å². The molecule has 5 heteroatoms. The van der Waals surface area contributed by atoms with Crippen molar-refractivity contribution in [3.63, 3.8) is 0 Å². The summed E-state index contributed by atoms with van der Waals surface area (Å²) in [6, 6.07) is 15.6. The van der Waals surface area contributed by atoms with E-state index >= 15 is 0 Å². The molecule has 136 valence electrons. The van der Waals surface area contributed by atoms with Gasteiger partial charge < -0.3 is 16.8 Å². The van der Waals surface area contributed by atoms with E-state index in [0.29, 0.717) is 5.02 Å². The molecule has 1 unspecified atom stereocenters. The Kier molecular flexibility index (Phi) is 4.41. The number of amides is 1. The Morgan fingerprint density at radius 1 is 1.19 bits per heavy atom. The van der Waals surface area contributed by atoms with Crippen LogP contribution in [0.25, 0.3) is 0 Å². The molecule has 2 aromatic carbocycles. The van der Waals surface area contributed by atoms with Crippen LogP contribution in [-0.2, 0) is 11.2 Å². The van der Waals surface area contributed by atoms with Crippen LogP contribution < -0.4 is 16.8 Å². The standard InChI is InChI=1S/C21H24ClN3O/c22-15-6-3-5-14(12-15)19(23)16-10-11-21(16,20(24)26)18-9-8-13-4-1-2-7-17(13)25-18/h1-7,12,16,18-19,25H,8-11,23H2,(H2,24,26)/t16-,18-,19?,21-/m1/s1. The van der Waals surface area contributed by atoms with Gasteiger partial charge in [-0.05, 0) is 60.9 Å². The fourth-order valence-electron chi connectivity index (χ4n) is 4.80. The fourth-order valence-corrected chi connectivity index (χ4v) is 5.00. The predicted molar refractivity (Wildman–Crippen MR) is 105 cm³/mol. The predicted octanol–water partition coefficient (Wildman–Crippen LogP) is 3.65. The van der Waals surface area contributed by atoms with Crippen molar-refractivity contribution in [3.05, 3.63) is 64.7 Å². The lowest BCUT2D eigenvalue weighted by atomic mass is 9.52. The van der Waals surface area contributed by atoms with Crippen molar-refractivity contribution in [3.8, 4) is 0 Å². The topological polar surface area (TPSA) is 81.1 Å². The first-order chi connectivity index (χ1) is 12.5. The molecule has 4 nitrogen and oxygen atoms in total. The largest absolute Gasteiger partial charge is 0.381 e. The third-order valence-corrected chi connectivity index (χ3v) is 6.56. The highest BCUT2D eigenvalue weighted by molar-refractivity contribution is 6.30. The first-order valence-electron chi connectivity index (χ1n) is 9.18. The lowest BCUT2D eigenvalue weighted by Gasteiger charge is -2.55. The Bertz CT molecular complexity index is 840. The third kappa shape index (κ3) is 2.68. The van der Waals surface area contributed by atoms with Crippen LogP contribution in [-0.4, -0.2) is 11.9 Å². The van der Waals surface area contributed by atoms with E-state index in [-0.39, 0.29) is 23.9 Å². The van der Waals surface area contributed by atoms with Crippen LogP contribution in [0.5, 0.6) is 0 Å². The minimum Gasteiger partial charge on any atom is -0.381 e. The molecule has 1 fully saturated rings. The Hall–Kier alpha value is -2.04. The van der Waals surface area contributed by atoms with Gasteiger partial charge in [-0.3, -0.25) is 4.79 Å². The van der Waals surface area contributed by atoms with Gasteiger partial charge in [0.15, 0.2) is 0 Å². The first-order valence-corrected chi connectivity index (χ1v) is 9.55. The van der Waals surface area contributed by atoms with E-state index in [1.807, 2.05) is 36.4 Å². The van der Waals surface area contributed by atoms with Crippen molar-refractivity contribution in [2.24, 2.45) is 22.8 Å². The van der Waals surface area contributed by atoms with Gasteiger partial charge in [0.1, 0.15) is 0 Å². The summed E-state index contributed by atoms with van der Waals surface area (Å²) in [5.41, 5.74) is 15.3. The van der Waals surface area contributed by atoms with Gasteiger partial charge in [0, 0.05) is 22.8 Å². The Balaban J connectivity index is 1.64. The molecule has 1 heterocycles. The fraction of sp³-hybridized carbons (Fsp3) is 0.381. The second-order valence-corrected chi connectivity index (χ2v) is 7.96. The van der Waals surface area contributed by atoms with Crippen LogP contribution in [0, 0.1) is 11.3 Å². The zero-order valence-electron chi connectivity index (χ0n) is 14.6. The van der Waals surface area contributed by atoms with Gasteiger partial charge in [-0.2, -0.15) is 0 Å². The number of primary amides is 1. The SMILES string of the molecule is NC(=O)[C@]1([C@H]2CCc3ccccc3N2)CC[C@@H]1C(N)c1cccc(Cl)c1. The number of para-hydroxylation sites is 1. The van der Waals surface area contributed by atoms with Crippen molar-refractivity contribution in [1.82, 2.24) is 0 Å². The number of anilines is 1. The molecule has 2 aromatic rings. The molecule has 0 aromatic heterocycles. The number of fused-ring (bicyclic) bond motifs is 1. The smallest absolute Gasteiger partial charge is 0.226 e. The first kappa shape index (κ1) is 17.4. The van der Waals surface area contributed by atoms with Crippen LogP contribution in [0.15, 0.2) is 48.5 Å². The molecule has 5 N–H and O–H groups in total. The summed E-state index contributed by atoms with van der Waals surface area (Å²) in [7, 11) is 0. The molecule has 0 radical (unpaired) electrons. The summed E-state index contributed by atoms with van der Waals surface area (Å²) in [5, 5.41) is 4.25. The average molecular weight is 370 g/mol. The highest BCUT2D eigenvalue weighted by atomic mass is 35.5. The molecule has 1 amide bonds. The summed E-state index contributed by atoms with van der Waals surface area (Å²) in [6.45, 7) is 0. The molecule has 4 atom stereocenters. The van der Waals surface area contributed by atoms with Gasteiger partial charge in [0.25, 0.3) is 0 Å². The monoisotopic (exact) mass is 369 g/mol. The van der Waals surface area contributed by atoms with Crippen LogP contribution in [0.2, 0.25) is 5.02 Å². The number of benzene rings is 2. The highest BCUT2D eigenvalue weighted by Gasteiger charge is 2.58. The number of nitrogens with one attached hydrogen (secondary N) is 1. The van der Waals surface area contributed by atoms with Gasteiger partial charge in [-0.25, -0.2) is 0 Å².